The summed E-state index contributed by atoms with van der Waals surface area (Å²) < 4.78 is 5.78. The fraction of sp³-hybridized carbons (Fsp3) is 0.633. The van der Waals surface area contributed by atoms with Crippen LogP contribution >= 0.6 is 0 Å². The summed E-state index contributed by atoms with van der Waals surface area (Å²) in [4.78, 5) is 68.0. The Kier molecular flexibility index (Phi) is 7.36. The van der Waals surface area contributed by atoms with Gasteiger partial charge in [0.1, 0.15) is 11.5 Å². The summed E-state index contributed by atoms with van der Waals surface area (Å²) in [5, 5.41) is 26.3. The van der Waals surface area contributed by atoms with Gasteiger partial charge in [0.15, 0.2) is 34.7 Å². The Morgan fingerprint density at radius 3 is 2.39 bits per heavy atom. The van der Waals surface area contributed by atoms with E-state index in [2.05, 4.69) is 12.2 Å². The summed E-state index contributed by atoms with van der Waals surface area (Å²) in [6.45, 7) is 2.58. The van der Waals surface area contributed by atoms with Gasteiger partial charge in [0, 0.05) is 29.1 Å². The second-order valence-electron chi connectivity index (χ2n) is 12.7. The van der Waals surface area contributed by atoms with E-state index in [0.717, 1.165) is 25.7 Å². The molecule has 0 heterocycles. The minimum atomic E-state index is -2.74. The molecule has 3 saturated carbocycles. The number of ketones is 4. The first-order valence-electron chi connectivity index (χ1n) is 14.3. The molecule has 5 rings (SSSR count). The fourth-order valence-electron chi connectivity index (χ4n) is 7.92. The molecule has 0 bridgehead atoms. The highest BCUT2D eigenvalue weighted by atomic mass is 16.5. The lowest BCUT2D eigenvalue weighted by Crippen LogP contribution is -2.74. The van der Waals surface area contributed by atoms with Crippen molar-refractivity contribution in [1.29, 1.82) is 0 Å². The minimum Gasteiger partial charge on any atom is -0.507 e. The van der Waals surface area contributed by atoms with E-state index < -0.39 is 64.4 Å². The SMILES string of the molecule is COc1c(CNC2(C)CCCCC2)cc(O)c2c1C[C@H]1C[C@H]3[C@H](N(C)C)C(=O)C(C(N)=O)C(=O)[C@@]3(O)C(=O)C1C2=O. The number of phenols is 1. The monoisotopic (exact) mass is 569 g/mol. The molecule has 1 aromatic rings. The number of fused-ring (bicyclic) bond motifs is 3. The van der Waals surface area contributed by atoms with Crippen LogP contribution in [0.3, 0.4) is 0 Å². The average molecular weight is 570 g/mol. The number of hydrogen-bond acceptors (Lipinski definition) is 10. The summed E-state index contributed by atoms with van der Waals surface area (Å²) in [6, 6.07) is 0.328. The van der Waals surface area contributed by atoms with Crippen LogP contribution in [-0.2, 0) is 32.1 Å². The Hall–Kier alpha value is -3.15. The molecule has 0 radical (unpaired) electrons. The van der Waals surface area contributed by atoms with Gasteiger partial charge in [0.05, 0.1) is 24.6 Å². The predicted molar refractivity (Wildman–Crippen MR) is 146 cm³/mol. The molecule has 4 aliphatic rings. The number of nitrogens with one attached hydrogen (secondary N) is 1. The van der Waals surface area contributed by atoms with Gasteiger partial charge in [-0.2, -0.15) is 0 Å². The van der Waals surface area contributed by atoms with E-state index >= 15 is 0 Å². The summed E-state index contributed by atoms with van der Waals surface area (Å²) in [5.74, 6) is -10.2. The maximum atomic E-state index is 13.9. The van der Waals surface area contributed by atoms with Crippen molar-refractivity contribution in [3.63, 3.8) is 0 Å². The highest BCUT2D eigenvalue weighted by Gasteiger charge is 2.69. The molecule has 3 fully saturated rings. The number of nitrogens with two attached hydrogens (primary N) is 1. The second kappa shape index (κ2) is 10.3. The number of Topliss-reactive ketones (excluding diaryl/α,β-unsaturated/α-hetero) is 4. The van der Waals surface area contributed by atoms with Crippen LogP contribution < -0.4 is 15.8 Å². The molecule has 0 aromatic heterocycles. The molecule has 222 valence electrons. The number of rotatable bonds is 6. The van der Waals surface area contributed by atoms with E-state index in [1.54, 1.807) is 14.1 Å². The van der Waals surface area contributed by atoms with Crippen molar-refractivity contribution in [2.45, 2.75) is 75.6 Å². The van der Waals surface area contributed by atoms with Crippen molar-refractivity contribution in [3.8, 4) is 11.5 Å². The summed E-state index contributed by atoms with van der Waals surface area (Å²) in [7, 11) is 4.61. The van der Waals surface area contributed by atoms with Crippen molar-refractivity contribution in [2.75, 3.05) is 21.2 Å². The number of primary amides is 1. The van der Waals surface area contributed by atoms with Gasteiger partial charge in [-0.05, 0) is 58.7 Å². The Balaban J connectivity index is 1.55. The number of aliphatic hydroxyl groups is 1. The zero-order chi connectivity index (χ0) is 30.0. The fourth-order valence-corrected chi connectivity index (χ4v) is 7.92. The summed E-state index contributed by atoms with van der Waals surface area (Å²) in [5.41, 5.74) is 3.65. The van der Waals surface area contributed by atoms with Crippen LogP contribution in [-0.4, -0.2) is 82.5 Å². The van der Waals surface area contributed by atoms with Crippen LogP contribution in [0.15, 0.2) is 6.07 Å². The third-order valence-corrected chi connectivity index (χ3v) is 9.96. The van der Waals surface area contributed by atoms with Crippen LogP contribution in [0.25, 0.3) is 0 Å². The van der Waals surface area contributed by atoms with Crippen molar-refractivity contribution in [2.24, 2.45) is 29.4 Å². The number of phenolic OH excluding ortho intramolecular Hbond substituents is 1. The molecule has 5 N–H and O–H groups in total. The molecule has 2 unspecified atom stereocenters. The predicted octanol–water partition coefficient (Wildman–Crippen LogP) is 0.688. The molecule has 4 aliphatic carbocycles. The minimum absolute atomic E-state index is 0.00560. The van der Waals surface area contributed by atoms with E-state index in [1.807, 2.05) is 0 Å². The van der Waals surface area contributed by atoms with Crippen LogP contribution in [0.5, 0.6) is 11.5 Å². The van der Waals surface area contributed by atoms with Gasteiger partial charge in [0.25, 0.3) is 0 Å². The quantitative estimate of drug-likeness (QED) is 0.357. The number of carbonyl (C=O) groups is 5. The van der Waals surface area contributed by atoms with E-state index in [1.165, 1.54) is 24.5 Å². The Bertz CT molecular complexity index is 1330. The Labute approximate surface area is 238 Å². The van der Waals surface area contributed by atoms with Crippen LogP contribution in [0, 0.1) is 23.7 Å². The molecule has 41 heavy (non-hydrogen) atoms. The first-order chi connectivity index (χ1) is 19.3. The van der Waals surface area contributed by atoms with Gasteiger partial charge in [0.2, 0.25) is 5.91 Å². The normalized spacial score (nSPS) is 32.8. The Morgan fingerprint density at radius 1 is 1.15 bits per heavy atom. The number of methoxy groups -OCH3 is 1. The molecular formula is C30H39N3O8. The largest absolute Gasteiger partial charge is 0.507 e. The molecular weight excluding hydrogens is 530 g/mol. The van der Waals surface area contributed by atoms with Crippen LogP contribution in [0.4, 0.5) is 0 Å². The van der Waals surface area contributed by atoms with E-state index in [9.17, 15) is 34.2 Å². The van der Waals surface area contributed by atoms with Crippen molar-refractivity contribution < 1.29 is 38.9 Å². The molecule has 11 heteroatoms. The van der Waals surface area contributed by atoms with Crippen molar-refractivity contribution in [1.82, 2.24) is 10.2 Å². The van der Waals surface area contributed by atoms with E-state index in [4.69, 9.17) is 10.5 Å². The first-order valence-corrected chi connectivity index (χ1v) is 14.3. The average Bonchev–Trinajstić information content (AvgIpc) is 2.89. The highest BCUT2D eigenvalue weighted by Crippen LogP contribution is 2.52. The highest BCUT2D eigenvalue weighted by molar-refractivity contribution is 6.32. The van der Waals surface area contributed by atoms with E-state index in [0.29, 0.717) is 23.4 Å². The Morgan fingerprint density at radius 2 is 1.80 bits per heavy atom. The number of likely N-dealkylation sites (N-methyl/N-ethyl adjacent to an activating group) is 1. The smallest absolute Gasteiger partial charge is 0.235 e. The lowest BCUT2D eigenvalue weighted by molar-refractivity contribution is -0.181. The zero-order valence-corrected chi connectivity index (χ0v) is 24.0. The number of hydrogen-bond donors (Lipinski definition) is 4. The third-order valence-electron chi connectivity index (χ3n) is 9.96. The number of benzene rings is 1. The maximum Gasteiger partial charge on any atom is 0.235 e. The van der Waals surface area contributed by atoms with Gasteiger partial charge in [-0.1, -0.05) is 19.3 Å². The topological polar surface area (TPSA) is 176 Å². The maximum absolute atomic E-state index is 13.9. The number of carbonyl (C=O) groups excluding carboxylic acids is 5. The van der Waals surface area contributed by atoms with E-state index in [-0.39, 0.29) is 29.7 Å². The van der Waals surface area contributed by atoms with Gasteiger partial charge in [-0.15, -0.1) is 0 Å². The van der Waals surface area contributed by atoms with Crippen LogP contribution in [0.1, 0.15) is 66.9 Å². The first kappa shape index (κ1) is 29.3. The summed E-state index contributed by atoms with van der Waals surface area (Å²) >= 11 is 0. The number of nitrogens with zero attached hydrogens (tertiary/aromatic N) is 1. The standard InChI is InChI=1S/C30H39N3O8/c1-29(8-6-5-7-9-29)32-13-15-12-18(34)20-16(25(15)41-4)10-14-11-17-22(33(2)3)24(36)21(28(31)39)27(38)30(17,40)26(37)19(14)23(20)35/h12,14,17,19,21-22,32,34,40H,5-11,13H2,1-4H3,(H2,31,39)/t14-,17-,19?,21?,22-,30-/m0/s1. The number of aromatic hydroxyl groups is 1. The molecule has 1 amide bonds. The zero-order valence-electron chi connectivity index (χ0n) is 24.0. The molecule has 0 aliphatic heterocycles. The molecule has 0 saturated heterocycles. The van der Waals surface area contributed by atoms with Gasteiger partial charge in [-0.25, -0.2) is 0 Å². The molecule has 6 atom stereocenters. The number of amides is 1. The lowest BCUT2D eigenvalue weighted by atomic mass is 9.52. The summed E-state index contributed by atoms with van der Waals surface area (Å²) in [6.07, 6.45) is 5.68. The molecule has 11 nitrogen and oxygen atoms in total. The van der Waals surface area contributed by atoms with Gasteiger partial charge < -0.3 is 26.0 Å². The van der Waals surface area contributed by atoms with Gasteiger partial charge >= 0.3 is 0 Å². The molecule has 1 aromatic carbocycles. The van der Waals surface area contributed by atoms with Gasteiger partial charge in [-0.3, -0.25) is 28.9 Å². The second-order valence-corrected chi connectivity index (χ2v) is 12.7. The third kappa shape index (κ3) is 4.40. The van der Waals surface area contributed by atoms with Crippen molar-refractivity contribution >= 4 is 29.0 Å². The lowest BCUT2D eigenvalue weighted by Gasteiger charge is -2.52. The van der Waals surface area contributed by atoms with Crippen molar-refractivity contribution in [3.05, 3.63) is 22.8 Å². The molecule has 0 spiro atoms. The van der Waals surface area contributed by atoms with Crippen LogP contribution in [0.2, 0.25) is 0 Å². The number of ether oxygens (including phenoxy) is 1.